The van der Waals surface area contributed by atoms with E-state index in [-0.39, 0.29) is 57.4 Å². The highest BCUT2D eigenvalue weighted by atomic mass is 16.7. The Morgan fingerprint density at radius 3 is 2.31 bits per heavy atom. The molecule has 0 saturated carbocycles. The standard InChI is InChI=1S/C49H60N4O12/c1-25-12-10-13-26(2)48(61)52-39-34(18-21-50-24-32-14-16-33(17-15-32)53-22-11-20-51-53)43(58)36-37(44(39)59)42(57)30(6)46-38(36)47(60)49(8,65-46)63-23-19-35(62-9)27(3)45(64-31(7)54)29(5)41(56)28(4)40(25)55/h10-17,19-20,22-23,25,27-29,35,40-41,45,50,55-59H,18,21,24H2,1-9H3,(H,52,61)/t25-,27+,28+,29+,35-,40-,41+,45+,49-/m0/s1. The Kier molecular flexibility index (Phi) is 14.8. The number of fused-ring (bicyclic) bond motifs is 14. The van der Waals surface area contributed by atoms with Crippen molar-refractivity contribution in [3.05, 3.63) is 101 Å². The first-order chi connectivity index (χ1) is 30.8. The summed E-state index contributed by atoms with van der Waals surface area (Å²) in [5.74, 6) is -8.16. The number of hydrogen-bond acceptors (Lipinski definition) is 14. The Bertz CT molecular complexity index is 2500. The molecule has 0 unspecified atom stereocenters. The van der Waals surface area contributed by atoms with Gasteiger partial charge >= 0.3 is 11.8 Å². The van der Waals surface area contributed by atoms with Crippen LogP contribution in [0, 0.1) is 30.6 Å². The number of anilines is 1. The molecule has 1 amide bonds. The third-order valence-corrected chi connectivity index (χ3v) is 12.7. The molecule has 9 atom stereocenters. The quantitative estimate of drug-likeness (QED) is 0.0448. The van der Waals surface area contributed by atoms with Crippen molar-refractivity contribution in [2.45, 2.75) is 98.6 Å². The Morgan fingerprint density at radius 1 is 0.954 bits per heavy atom. The number of carbonyl (C=O) groups excluding carboxylic acids is 3. The number of carbonyl (C=O) groups is 3. The van der Waals surface area contributed by atoms with Crippen molar-refractivity contribution in [2.75, 3.05) is 19.0 Å². The van der Waals surface area contributed by atoms with Crippen LogP contribution in [0.25, 0.3) is 16.5 Å². The highest BCUT2D eigenvalue weighted by molar-refractivity contribution is 6.22. The monoisotopic (exact) mass is 896 g/mol. The van der Waals surface area contributed by atoms with Crippen molar-refractivity contribution >= 4 is 34.1 Å². The number of rotatable bonds is 8. The molecule has 0 radical (unpaired) electrons. The average Bonchev–Trinajstić information content (AvgIpc) is 3.92. The topological polar surface area (TPSA) is 231 Å². The van der Waals surface area contributed by atoms with E-state index < -0.39 is 88.8 Å². The molecule has 16 nitrogen and oxygen atoms in total. The first kappa shape index (κ1) is 48.3. The van der Waals surface area contributed by atoms with Gasteiger partial charge in [-0.25, -0.2) is 4.68 Å². The highest BCUT2D eigenvalue weighted by Crippen LogP contribution is 2.55. The van der Waals surface area contributed by atoms with Crippen LogP contribution in [-0.4, -0.2) is 96.8 Å². The van der Waals surface area contributed by atoms with E-state index >= 15 is 0 Å². The van der Waals surface area contributed by atoms with E-state index in [0.717, 1.165) is 11.3 Å². The summed E-state index contributed by atoms with van der Waals surface area (Å²) in [4.78, 5) is 40.8. The van der Waals surface area contributed by atoms with Gasteiger partial charge in [-0.05, 0) is 56.7 Å². The predicted molar refractivity (Wildman–Crippen MR) is 243 cm³/mol. The molecule has 0 aliphatic carbocycles. The fraction of sp³-hybridized carbons (Fsp3) is 0.429. The van der Waals surface area contributed by atoms with Gasteiger partial charge < -0.3 is 55.1 Å². The molecule has 7 rings (SSSR count). The number of methoxy groups -OCH3 is 1. The minimum absolute atomic E-state index is 0.0386. The van der Waals surface area contributed by atoms with Gasteiger partial charge in [-0.1, -0.05) is 58.1 Å². The van der Waals surface area contributed by atoms with Crippen molar-refractivity contribution in [1.29, 1.82) is 0 Å². The molecule has 7 N–H and O–H groups in total. The van der Waals surface area contributed by atoms with E-state index in [9.17, 15) is 39.9 Å². The summed E-state index contributed by atoms with van der Waals surface area (Å²) in [6.07, 6.45) is 7.18. The molecule has 3 aliphatic rings. The lowest BCUT2D eigenvalue weighted by molar-refractivity contribution is -0.160. The van der Waals surface area contributed by atoms with Gasteiger partial charge in [0.1, 0.15) is 23.4 Å². The number of aromatic hydroxyl groups is 3. The summed E-state index contributed by atoms with van der Waals surface area (Å²) in [5, 5.41) is 68.7. The van der Waals surface area contributed by atoms with Crippen LogP contribution in [0.5, 0.6) is 23.0 Å². The first-order valence-electron chi connectivity index (χ1n) is 21.7. The van der Waals surface area contributed by atoms with E-state index in [1.54, 1.807) is 57.6 Å². The summed E-state index contributed by atoms with van der Waals surface area (Å²) < 4.78 is 25.5. The van der Waals surface area contributed by atoms with E-state index in [1.165, 1.54) is 46.3 Å². The lowest BCUT2D eigenvalue weighted by Crippen LogP contribution is -2.46. The number of hydrogen-bond donors (Lipinski definition) is 7. The largest absolute Gasteiger partial charge is 0.507 e. The van der Waals surface area contributed by atoms with E-state index in [1.807, 2.05) is 36.5 Å². The third kappa shape index (κ3) is 9.76. The molecule has 65 heavy (non-hydrogen) atoms. The molecule has 0 fully saturated rings. The van der Waals surface area contributed by atoms with Crippen molar-refractivity contribution in [2.24, 2.45) is 23.7 Å². The zero-order chi connectivity index (χ0) is 47.5. The van der Waals surface area contributed by atoms with Crippen LogP contribution in [0.15, 0.2) is 78.9 Å². The molecule has 0 saturated heterocycles. The maximum absolute atomic E-state index is 14.5. The molecular weight excluding hydrogens is 837 g/mol. The van der Waals surface area contributed by atoms with Crippen LogP contribution < -0.4 is 15.4 Å². The zero-order valence-corrected chi connectivity index (χ0v) is 38.2. The molecule has 3 aromatic carbocycles. The number of nitrogens with zero attached hydrogens (tertiary/aromatic N) is 2. The van der Waals surface area contributed by atoms with Crippen LogP contribution in [0.4, 0.5) is 5.69 Å². The first-order valence-corrected chi connectivity index (χ1v) is 21.7. The molecule has 0 spiro atoms. The molecular formula is C49H60N4O12. The fourth-order valence-electron chi connectivity index (χ4n) is 8.66. The Hall–Kier alpha value is -6.20. The minimum atomic E-state index is -2.04. The number of phenolic OH excluding ortho intramolecular Hbond substituents is 3. The number of aromatic nitrogens is 2. The van der Waals surface area contributed by atoms with Gasteiger partial charge in [0.2, 0.25) is 0 Å². The average molecular weight is 897 g/mol. The fourth-order valence-corrected chi connectivity index (χ4v) is 8.66. The van der Waals surface area contributed by atoms with Crippen LogP contribution >= 0.6 is 0 Å². The summed E-state index contributed by atoms with van der Waals surface area (Å²) in [5.41, 5.74) is 1.84. The second-order valence-electron chi connectivity index (χ2n) is 17.2. The van der Waals surface area contributed by atoms with Gasteiger partial charge in [0.05, 0.1) is 46.9 Å². The second-order valence-corrected chi connectivity index (χ2v) is 17.2. The normalized spacial score (nSPS) is 26.5. The maximum Gasteiger partial charge on any atom is 0.312 e. The van der Waals surface area contributed by atoms with Crippen molar-refractivity contribution < 1.29 is 58.9 Å². The van der Waals surface area contributed by atoms with Gasteiger partial charge in [-0.15, -0.1) is 0 Å². The number of amides is 1. The molecule has 5 bridgehead atoms. The lowest BCUT2D eigenvalue weighted by atomic mass is 9.78. The third-order valence-electron chi connectivity index (χ3n) is 12.7. The zero-order valence-electron chi connectivity index (χ0n) is 38.2. The van der Waals surface area contributed by atoms with E-state index in [0.29, 0.717) is 6.54 Å². The molecule has 1 aromatic heterocycles. The summed E-state index contributed by atoms with van der Waals surface area (Å²) in [6, 6.07) is 9.59. The lowest BCUT2D eigenvalue weighted by Gasteiger charge is -2.38. The minimum Gasteiger partial charge on any atom is -0.507 e. The van der Waals surface area contributed by atoms with Gasteiger partial charge in [-0.2, -0.15) is 5.10 Å². The molecule has 3 aliphatic heterocycles. The summed E-state index contributed by atoms with van der Waals surface area (Å²) in [7, 11) is 1.44. The van der Waals surface area contributed by atoms with Crippen molar-refractivity contribution in [3.63, 3.8) is 0 Å². The Labute approximate surface area is 378 Å². The maximum atomic E-state index is 14.5. The second kappa shape index (κ2) is 19.9. The molecule has 16 heteroatoms. The number of ether oxygens (including phenoxy) is 4. The van der Waals surface area contributed by atoms with E-state index in [4.69, 9.17) is 18.9 Å². The Balaban J connectivity index is 1.43. The smallest absolute Gasteiger partial charge is 0.312 e. The predicted octanol–water partition coefficient (Wildman–Crippen LogP) is 6.27. The number of benzene rings is 3. The number of nitrogens with one attached hydrogen (secondary N) is 2. The van der Waals surface area contributed by atoms with Gasteiger partial charge in [0.15, 0.2) is 5.75 Å². The SMILES string of the molecule is CO[C@H]1C=CO[C@@]2(C)Oc3c(C)c(O)c4c(O)c(c(CCNCc5ccc(-n6cccn6)cc5)c(O)c4c3C2=O)NC(=O)C(C)=CC=C[C@H](C)[C@H](O)[C@@H](C)[C@@H](O)[C@@H](C)[C@H](OC(C)=O)[C@@H]1C. The molecule has 4 aromatic rings. The number of ketones is 1. The molecule has 4 heterocycles. The van der Waals surface area contributed by atoms with Crippen LogP contribution in [0.2, 0.25) is 0 Å². The van der Waals surface area contributed by atoms with Crippen LogP contribution in [-0.2, 0) is 36.8 Å². The highest BCUT2D eigenvalue weighted by Gasteiger charge is 2.50. The van der Waals surface area contributed by atoms with Gasteiger partial charge in [-0.3, -0.25) is 14.4 Å². The number of Topliss-reactive ketones (excluding diaryl/α,β-unsaturated/α-hetero) is 1. The Morgan fingerprint density at radius 2 is 1.66 bits per heavy atom. The summed E-state index contributed by atoms with van der Waals surface area (Å²) in [6.45, 7) is 13.2. The number of aliphatic hydroxyl groups is 2. The number of esters is 1. The molecule has 348 valence electrons. The number of aliphatic hydroxyl groups excluding tert-OH is 2. The van der Waals surface area contributed by atoms with Gasteiger partial charge in [0, 0.05) is 85.7 Å². The van der Waals surface area contributed by atoms with Crippen LogP contribution in [0.1, 0.15) is 75.5 Å². The van der Waals surface area contributed by atoms with Gasteiger partial charge in [0.25, 0.3) is 11.7 Å². The van der Waals surface area contributed by atoms with Crippen molar-refractivity contribution in [3.8, 4) is 28.7 Å². The van der Waals surface area contributed by atoms with Crippen LogP contribution in [0.3, 0.4) is 0 Å². The number of allylic oxidation sites excluding steroid dienone is 2. The number of phenols is 3. The van der Waals surface area contributed by atoms with E-state index in [2.05, 4.69) is 15.7 Å². The van der Waals surface area contributed by atoms with Crippen molar-refractivity contribution in [1.82, 2.24) is 15.1 Å². The summed E-state index contributed by atoms with van der Waals surface area (Å²) >= 11 is 0.